The summed E-state index contributed by atoms with van der Waals surface area (Å²) in [6, 6.07) is -2.29. The van der Waals surface area contributed by atoms with Crippen LogP contribution in [-0.2, 0) is 4.74 Å². The average Bonchev–Trinajstić information content (AvgIpc) is 2.37. The highest BCUT2D eigenvalue weighted by Crippen LogP contribution is 2.25. The highest BCUT2D eigenvalue weighted by Gasteiger charge is 2.20. The van der Waals surface area contributed by atoms with Gasteiger partial charge in [0.2, 0.25) is 0 Å². The van der Waals surface area contributed by atoms with Crippen LogP contribution >= 0.6 is 15.9 Å². The highest BCUT2D eigenvalue weighted by molar-refractivity contribution is 9.10. The molecule has 0 N–H and O–H groups in total. The van der Waals surface area contributed by atoms with Gasteiger partial charge in [0.05, 0.1) is 29.9 Å². The Balaban J connectivity index is 2.55. The summed E-state index contributed by atoms with van der Waals surface area (Å²) < 4.78 is 76.8. The Hall–Kier alpha value is -0.540. The smallest absolute Gasteiger partial charge is 0.145 e. The lowest BCUT2D eigenvalue weighted by Gasteiger charge is -2.27. The second kappa shape index (κ2) is 3.46. The van der Waals surface area contributed by atoms with E-state index in [0.717, 1.165) is 0 Å². The first-order valence-corrected chi connectivity index (χ1v) is 3.80. The number of hydrogen-bond acceptors (Lipinski definition) is 2. The van der Waals surface area contributed by atoms with E-state index >= 15 is 0 Å². The first-order chi connectivity index (χ1) is 9.36. The van der Waals surface area contributed by atoms with Crippen molar-refractivity contribution in [2.45, 2.75) is 6.08 Å². The van der Waals surface area contributed by atoms with E-state index in [2.05, 4.69) is 20.7 Å². The van der Waals surface area contributed by atoms with Crippen molar-refractivity contribution < 1.29 is 21.8 Å². The molecule has 1 aromatic carbocycles. The third-order valence-electron chi connectivity index (χ3n) is 1.10. The van der Waals surface area contributed by atoms with Crippen LogP contribution in [0.2, 0.25) is 0 Å². The van der Waals surface area contributed by atoms with Crippen LogP contribution in [0.25, 0.3) is 0 Å². The third-order valence-corrected chi connectivity index (χ3v) is 1.66. The maximum absolute atomic E-state index is 7.82. The van der Waals surface area contributed by atoms with Gasteiger partial charge < -0.3 is 9.47 Å². The minimum absolute atomic E-state index is 0.223. The van der Waals surface area contributed by atoms with Gasteiger partial charge in [0.25, 0.3) is 0 Å². The van der Waals surface area contributed by atoms with Gasteiger partial charge in [0.15, 0.2) is 0 Å². The van der Waals surface area contributed by atoms with Crippen molar-refractivity contribution in [1.82, 2.24) is 0 Å². The second-order valence-corrected chi connectivity index (χ2v) is 2.67. The first-order valence-electron chi connectivity index (χ1n) is 7.51. The normalized spacial score (nSPS) is 38.9. The predicted octanol–water partition coefficient (Wildman–Crippen LogP) is 2.23. The van der Waals surface area contributed by atoms with Crippen LogP contribution in [0.4, 0.5) is 0 Å². The van der Waals surface area contributed by atoms with Gasteiger partial charge in [0.1, 0.15) is 11.8 Å². The van der Waals surface area contributed by atoms with Crippen molar-refractivity contribution in [3.63, 3.8) is 0 Å². The summed E-state index contributed by atoms with van der Waals surface area (Å²) in [5, 5.41) is 0. The molecule has 3 heteroatoms. The number of halogens is 1. The zero-order chi connectivity index (χ0) is 16.4. The molecule has 0 bridgehead atoms. The Kier molecular flexibility index (Phi) is 0.784. The molecule has 0 saturated carbocycles. The molecule has 0 spiro atoms. The van der Waals surface area contributed by atoms with E-state index in [9.17, 15) is 0 Å². The van der Waals surface area contributed by atoms with E-state index < -0.39 is 49.1 Å². The summed E-state index contributed by atoms with van der Waals surface area (Å²) in [7, 11) is 0. The fourth-order valence-electron chi connectivity index (χ4n) is 0.593. The van der Waals surface area contributed by atoms with Gasteiger partial charge in [-0.25, -0.2) is 0 Å². The van der Waals surface area contributed by atoms with E-state index in [-0.39, 0.29) is 4.47 Å². The van der Waals surface area contributed by atoms with Crippen LogP contribution in [0, 0.1) is 0 Å². The van der Waals surface area contributed by atoms with E-state index in [1.54, 1.807) is 0 Å². The van der Waals surface area contributed by atoms with Gasteiger partial charge >= 0.3 is 0 Å². The summed E-state index contributed by atoms with van der Waals surface area (Å²) in [5.41, 5.74) is 0. The number of ether oxygens (including phenoxy) is 2. The largest absolute Gasteiger partial charge is 0.484 e. The molecule has 0 unspecified atom stereocenters. The molecule has 1 aliphatic heterocycles. The number of rotatable bonds is 2. The molecule has 2 nitrogen and oxygen atoms in total. The molecule has 1 heterocycles. The highest BCUT2D eigenvalue weighted by atomic mass is 79.9. The molecule has 1 aromatic rings. The second-order valence-electron chi connectivity index (χ2n) is 1.88. The summed E-state index contributed by atoms with van der Waals surface area (Å²) in [5.74, 6) is -0.549. The Morgan fingerprint density at radius 2 is 2.42 bits per heavy atom. The monoisotopic (exact) mass is 237 g/mol. The molecule has 0 amide bonds. The number of benzene rings is 1. The quantitative estimate of drug-likeness (QED) is 0.786. The molecular weight excluding hydrogens is 220 g/mol. The van der Waals surface area contributed by atoms with E-state index in [0.29, 0.717) is 0 Å². The lowest BCUT2D eigenvalue weighted by atomic mass is 10.3. The SMILES string of the molecule is [2H]c1c([2H])c([2H])c(OC2([2H])C([2H])([2H])OC2([2H])[2H])c(Br)c1[2H]. The summed E-state index contributed by atoms with van der Waals surface area (Å²) in [4.78, 5) is 0. The van der Waals surface area contributed by atoms with Gasteiger partial charge in [-0.2, -0.15) is 0 Å². The van der Waals surface area contributed by atoms with Crippen molar-refractivity contribution in [3.8, 4) is 5.75 Å². The van der Waals surface area contributed by atoms with Gasteiger partial charge in [-0.05, 0) is 28.0 Å². The van der Waals surface area contributed by atoms with E-state index in [4.69, 9.17) is 17.1 Å². The molecule has 2 rings (SSSR count). The van der Waals surface area contributed by atoms with E-state index in [1.807, 2.05) is 0 Å². The van der Waals surface area contributed by atoms with Crippen LogP contribution in [0.5, 0.6) is 5.75 Å². The summed E-state index contributed by atoms with van der Waals surface area (Å²) in [6.45, 7) is -5.54. The van der Waals surface area contributed by atoms with Crippen LogP contribution in [0.1, 0.15) is 12.3 Å². The molecule has 64 valence electrons. The molecule has 12 heavy (non-hydrogen) atoms. The Labute approximate surface area is 92.3 Å². The lowest BCUT2D eigenvalue weighted by molar-refractivity contribution is -0.0799. The first kappa shape index (κ1) is 2.72. The Morgan fingerprint density at radius 3 is 3.17 bits per heavy atom. The number of hydrogen-bond donors (Lipinski definition) is 0. The Morgan fingerprint density at radius 1 is 1.67 bits per heavy atom. The van der Waals surface area contributed by atoms with Crippen LogP contribution in [-0.4, -0.2) is 19.2 Å². The molecule has 0 atom stereocenters. The van der Waals surface area contributed by atoms with Crippen molar-refractivity contribution >= 4 is 15.9 Å². The standard InChI is InChI=1S/C9H9BrO2/c10-8-3-1-2-4-9(8)12-7-5-11-6-7/h1-4,7H,5-6H2/i1D,2D,3D,4D,5D2,6D2,7D. The Bertz CT molecular complexity index is 575. The minimum Gasteiger partial charge on any atom is -0.484 e. The zero-order valence-corrected chi connectivity index (χ0v) is 7.28. The maximum atomic E-state index is 7.82. The molecule has 0 aliphatic carbocycles. The van der Waals surface area contributed by atoms with Crippen molar-refractivity contribution in [2.75, 3.05) is 13.1 Å². The summed E-state index contributed by atoms with van der Waals surface area (Å²) in [6.07, 6.45) is -2.80. The van der Waals surface area contributed by atoms with Gasteiger partial charge in [-0.1, -0.05) is 12.1 Å². The fraction of sp³-hybridized carbons (Fsp3) is 0.333. The van der Waals surface area contributed by atoms with Gasteiger partial charge in [0, 0.05) is 0 Å². The molecule has 1 fully saturated rings. The van der Waals surface area contributed by atoms with Crippen molar-refractivity contribution in [3.05, 3.63) is 28.6 Å². The predicted molar refractivity (Wildman–Crippen MR) is 49.4 cm³/mol. The molecule has 1 aliphatic rings. The van der Waals surface area contributed by atoms with Crippen molar-refractivity contribution in [2.24, 2.45) is 0 Å². The minimum atomic E-state index is -2.80. The topological polar surface area (TPSA) is 18.5 Å². The van der Waals surface area contributed by atoms with Crippen LogP contribution in [0.15, 0.2) is 28.6 Å². The van der Waals surface area contributed by atoms with Gasteiger partial charge in [-0.3, -0.25) is 0 Å². The van der Waals surface area contributed by atoms with E-state index in [1.165, 1.54) is 0 Å². The third kappa shape index (κ3) is 1.62. The molecule has 0 radical (unpaired) electrons. The molecular formula is C9H9BrO2. The lowest BCUT2D eigenvalue weighted by Crippen LogP contribution is -2.38. The van der Waals surface area contributed by atoms with Gasteiger partial charge in [-0.15, -0.1) is 0 Å². The molecule has 1 saturated heterocycles. The average molecular weight is 238 g/mol. The van der Waals surface area contributed by atoms with Crippen molar-refractivity contribution in [1.29, 1.82) is 0 Å². The summed E-state index contributed by atoms with van der Waals surface area (Å²) >= 11 is 2.89. The zero-order valence-electron chi connectivity index (χ0n) is 14.7. The van der Waals surface area contributed by atoms with Crippen LogP contribution < -0.4 is 4.74 Å². The molecule has 0 aromatic heterocycles. The van der Waals surface area contributed by atoms with Crippen LogP contribution in [0.3, 0.4) is 0 Å². The maximum Gasteiger partial charge on any atom is 0.145 e. The number of para-hydroxylation sites is 1. The fourth-order valence-corrected chi connectivity index (χ4v) is 0.872.